The first-order valence-corrected chi connectivity index (χ1v) is 10.0. The van der Waals surface area contributed by atoms with Crippen LogP contribution in [0, 0.1) is 19.8 Å². The number of para-hydroxylation sites is 2. The second-order valence-electron chi connectivity index (χ2n) is 7.93. The number of likely N-dealkylation sites (tertiary alicyclic amines) is 1. The fraction of sp³-hybridized carbons (Fsp3) is 0.391. The van der Waals surface area contributed by atoms with E-state index in [4.69, 9.17) is 4.98 Å². The van der Waals surface area contributed by atoms with Crippen LogP contribution in [0.2, 0.25) is 0 Å². The van der Waals surface area contributed by atoms with Crippen LogP contribution in [0.4, 0.5) is 5.69 Å². The zero-order valence-corrected chi connectivity index (χ0v) is 16.9. The van der Waals surface area contributed by atoms with Crippen molar-refractivity contribution in [1.82, 2.24) is 14.5 Å². The van der Waals surface area contributed by atoms with Gasteiger partial charge in [0.15, 0.2) is 0 Å². The van der Waals surface area contributed by atoms with E-state index in [0.717, 1.165) is 55.1 Å². The molecule has 1 aliphatic rings. The number of fused-ring (bicyclic) bond motifs is 1. The van der Waals surface area contributed by atoms with Gasteiger partial charge in [-0.3, -0.25) is 9.69 Å². The molecule has 0 atom stereocenters. The van der Waals surface area contributed by atoms with Crippen molar-refractivity contribution in [2.24, 2.45) is 13.0 Å². The molecule has 0 spiro atoms. The zero-order valence-electron chi connectivity index (χ0n) is 16.9. The molecule has 3 aromatic rings. The number of nitrogens with zero attached hydrogens (tertiary/aromatic N) is 3. The molecule has 2 heterocycles. The highest BCUT2D eigenvalue weighted by molar-refractivity contribution is 5.93. The number of carbonyl (C=O) groups excluding carboxylic acids is 1. The van der Waals surface area contributed by atoms with Crippen LogP contribution in [0.3, 0.4) is 0 Å². The number of amides is 1. The Bertz CT molecular complexity index is 999. The number of carbonyl (C=O) groups is 1. The summed E-state index contributed by atoms with van der Waals surface area (Å²) in [7, 11) is 2.08. The van der Waals surface area contributed by atoms with Crippen molar-refractivity contribution in [1.29, 1.82) is 0 Å². The summed E-state index contributed by atoms with van der Waals surface area (Å²) < 4.78 is 2.17. The molecule has 146 valence electrons. The average Bonchev–Trinajstić information content (AvgIpc) is 3.00. The number of aromatic nitrogens is 2. The van der Waals surface area contributed by atoms with Crippen LogP contribution in [-0.4, -0.2) is 33.4 Å². The minimum absolute atomic E-state index is 0.0809. The van der Waals surface area contributed by atoms with Gasteiger partial charge in [0.2, 0.25) is 5.91 Å². The SMILES string of the molecule is Cc1ccc(NC(=O)C2CCN(Cc3nc4ccccc4n3C)CC2)c(C)c1. The molecule has 1 N–H and O–H groups in total. The summed E-state index contributed by atoms with van der Waals surface area (Å²) in [5.41, 5.74) is 5.47. The van der Waals surface area contributed by atoms with E-state index in [1.807, 2.05) is 31.2 Å². The van der Waals surface area contributed by atoms with Gasteiger partial charge >= 0.3 is 0 Å². The Morgan fingerprint density at radius 2 is 1.89 bits per heavy atom. The van der Waals surface area contributed by atoms with Gasteiger partial charge in [-0.2, -0.15) is 0 Å². The first-order valence-electron chi connectivity index (χ1n) is 10.0. The predicted octanol–water partition coefficient (Wildman–Crippen LogP) is 4.04. The van der Waals surface area contributed by atoms with Crippen molar-refractivity contribution < 1.29 is 4.79 Å². The summed E-state index contributed by atoms with van der Waals surface area (Å²) >= 11 is 0. The average molecular weight is 377 g/mol. The van der Waals surface area contributed by atoms with E-state index in [0.29, 0.717) is 0 Å². The molecule has 5 heteroatoms. The molecule has 1 fully saturated rings. The first kappa shape index (κ1) is 18.7. The van der Waals surface area contributed by atoms with Gasteiger partial charge in [-0.25, -0.2) is 4.98 Å². The minimum Gasteiger partial charge on any atom is -0.330 e. The highest BCUT2D eigenvalue weighted by Gasteiger charge is 2.26. The van der Waals surface area contributed by atoms with Crippen LogP contribution < -0.4 is 5.32 Å². The maximum atomic E-state index is 12.7. The van der Waals surface area contributed by atoms with Crippen LogP contribution in [0.15, 0.2) is 42.5 Å². The van der Waals surface area contributed by atoms with Crippen LogP contribution in [0.5, 0.6) is 0 Å². The summed E-state index contributed by atoms with van der Waals surface area (Å²) in [4.78, 5) is 19.9. The Morgan fingerprint density at radius 3 is 2.61 bits per heavy atom. The molecule has 1 amide bonds. The normalized spacial score (nSPS) is 15.8. The largest absolute Gasteiger partial charge is 0.330 e. The maximum Gasteiger partial charge on any atom is 0.227 e. The second kappa shape index (κ2) is 7.76. The van der Waals surface area contributed by atoms with Crippen molar-refractivity contribution in [2.45, 2.75) is 33.2 Å². The molecule has 1 saturated heterocycles. The fourth-order valence-corrected chi connectivity index (χ4v) is 4.08. The van der Waals surface area contributed by atoms with Gasteiger partial charge in [-0.05, 0) is 63.5 Å². The van der Waals surface area contributed by atoms with Gasteiger partial charge in [0.25, 0.3) is 0 Å². The monoisotopic (exact) mass is 376 g/mol. The molecule has 0 saturated carbocycles. The first-order chi connectivity index (χ1) is 13.5. The minimum atomic E-state index is 0.0809. The van der Waals surface area contributed by atoms with Gasteiger partial charge in [0.1, 0.15) is 5.82 Å². The Kier molecular flexibility index (Phi) is 5.18. The highest BCUT2D eigenvalue weighted by atomic mass is 16.1. The van der Waals surface area contributed by atoms with Crippen LogP contribution in [0.1, 0.15) is 29.8 Å². The maximum absolute atomic E-state index is 12.7. The summed E-state index contributed by atoms with van der Waals surface area (Å²) in [5.74, 6) is 1.31. The molecule has 1 aliphatic heterocycles. The van der Waals surface area contributed by atoms with Crippen molar-refractivity contribution in [2.75, 3.05) is 18.4 Å². The smallest absolute Gasteiger partial charge is 0.227 e. The summed E-state index contributed by atoms with van der Waals surface area (Å²) in [6.07, 6.45) is 1.78. The summed E-state index contributed by atoms with van der Waals surface area (Å²) in [6.45, 7) is 6.79. The van der Waals surface area contributed by atoms with Gasteiger partial charge in [0.05, 0.1) is 17.6 Å². The number of imidazole rings is 1. The fourth-order valence-electron chi connectivity index (χ4n) is 4.08. The number of nitrogens with one attached hydrogen (secondary N) is 1. The summed E-state index contributed by atoms with van der Waals surface area (Å²) in [6, 6.07) is 14.4. The molecular formula is C23H28N4O. The standard InChI is InChI=1S/C23H28N4O/c1-16-8-9-19(17(2)14-16)25-23(28)18-10-12-27(13-11-18)15-22-24-20-6-4-5-7-21(20)26(22)3/h4-9,14,18H,10-13,15H2,1-3H3,(H,25,28). The third-order valence-electron chi connectivity index (χ3n) is 5.84. The molecule has 0 radical (unpaired) electrons. The van der Waals surface area contributed by atoms with Crippen molar-refractivity contribution in [3.63, 3.8) is 0 Å². The molecule has 28 heavy (non-hydrogen) atoms. The van der Waals surface area contributed by atoms with E-state index in [1.165, 1.54) is 11.1 Å². The molecule has 0 bridgehead atoms. The Labute approximate surface area is 166 Å². The van der Waals surface area contributed by atoms with Gasteiger partial charge in [-0.1, -0.05) is 29.8 Å². The third-order valence-corrected chi connectivity index (χ3v) is 5.84. The van der Waals surface area contributed by atoms with Crippen molar-refractivity contribution in [3.05, 3.63) is 59.4 Å². The molecular weight excluding hydrogens is 348 g/mol. The quantitative estimate of drug-likeness (QED) is 0.748. The number of rotatable bonds is 4. The zero-order chi connectivity index (χ0) is 19.7. The number of benzene rings is 2. The lowest BCUT2D eigenvalue weighted by molar-refractivity contribution is -0.121. The van der Waals surface area contributed by atoms with Gasteiger partial charge in [-0.15, -0.1) is 0 Å². The van der Waals surface area contributed by atoms with E-state index < -0.39 is 0 Å². The number of anilines is 1. The highest BCUT2D eigenvalue weighted by Crippen LogP contribution is 2.23. The van der Waals surface area contributed by atoms with Crippen molar-refractivity contribution >= 4 is 22.6 Å². The lowest BCUT2D eigenvalue weighted by Gasteiger charge is -2.31. The molecule has 4 rings (SSSR count). The second-order valence-corrected chi connectivity index (χ2v) is 7.93. The number of piperidine rings is 1. The van der Waals surface area contributed by atoms with Crippen LogP contribution in [-0.2, 0) is 18.4 Å². The van der Waals surface area contributed by atoms with Gasteiger partial charge in [0, 0.05) is 18.7 Å². The lowest BCUT2D eigenvalue weighted by Crippen LogP contribution is -2.38. The Hall–Kier alpha value is -2.66. The van der Waals surface area contributed by atoms with E-state index in [-0.39, 0.29) is 11.8 Å². The molecule has 5 nitrogen and oxygen atoms in total. The van der Waals surface area contributed by atoms with E-state index in [2.05, 4.69) is 47.0 Å². The lowest BCUT2D eigenvalue weighted by atomic mass is 9.95. The molecule has 0 unspecified atom stereocenters. The van der Waals surface area contributed by atoms with Crippen LogP contribution in [0.25, 0.3) is 11.0 Å². The van der Waals surface area contributed by atoms with E-state index in [9.17, 15) is 4.79 Å². The van der Waals surface area contributed by atoms with E-state index >= 15 is 0 Å². The van der Waals surface area contributed by atoms with Crippen LogP contribution >= 0.6 is 0 Å². The number of aryl methyl sites for hydroxylation is 3. The Balaban J connectivity index is 1.35. The summed E-state index contributed by atoms with van der Waals surface area (Å²) in [5, 5.41) is 3.12. The molecule has 1 aromatic heterocycles. The Morgan fingerprint density at radius 1 is 1.14 bits per heavy atom. The molecule has 0 aliphatic carbocycles. The predicted molar refractivity (Wildman–Crippen MR) is 113 cm³/mol. The number of hydrogen-bond acceptors (Lipinski definition) is 3. The van der Waals surface area contributed by atoms with Gasteiger partial charge < -0.3 is 9.88 Å². The van der Waals surface area contributed by atoms with E-state index in [1.54, 1.807) is 0 Å². The topological polar surface area (TPSA) is 50.2 Å². The molecule has 2 aromatic carbocycles. The number of hydrogen-bond donors (Lipinski definition) is 1. The van der Waals surface area contributed by atoms with Crippen molar-refractivity contribution in [3.8, 4) is 0 Å². The third kappa shape index (κ3) is 3.80.